The van der Waals surface area contributed by atoms with Crippen LogP contribution < -0.4 is 0 Å². The van der Waals surface area contributed by atoms with E-state index in [1.807, 2.05) is 7.05 Å². The SMILES string of the molecule is CCCCCCCC(O)N(C)C(O)CCCCCCC. The molecule has 0 aliphatic rings. The van der Waals surface area contributed by atoms with Gasteiger partial charge in [-0.2, -0.15) is 0 Å². The molecule has 2 atom stereocenters. The molecule has 0 aliphatic carbocycles. The Bertz CT molecular complexity index is 179. The van der Waals surface area contributed by atoms with E-state index in [2.05, 4.69) is 13.8 Å². The van der Waals surface area contributed by atoms with E-state index in [0.29, 0.717) is 0 Å². The molecule has 20 heavy (non-hydrogen) atoms. The normalized spacial score (nSPS) is 14.7. The minimum Gasteiger partial charge on any atom is -0.378 e. The molecule has 0 aromatic carbocycles. The van der Waals surface area contributed by atoms with Crippen molar-refractivity contribution in [3.05, 3.63) is 0 Å². The second kappa shape index (κ2) is 13.8. The second-order valence-corrected chi connectivity index (χ2v) is 6.03. The lowest BCUT2D eigenvalue weighted by atomic mass is 10.1. The smallest absolute Gasteiger partial charge is 0.109 e. The summed E-state index contributed by atoms with van der Waals surface area (Å²) in [6.07, 6.45) is 12.6. The van der Waals surface area contributed by atoms with Crippen LogP contribution in [0.15, 0.2) is 0 Å². The van der Waals surface area contributed by atoms with Crippen LogP contribution in [0.1, 0.15) is 90.9 Å². The maximum Gasteiger partial charge on any atom is 0.109 e. The topological polar surface area (TPSA) is 43.7 Å². The highest BCUT2D eigenvalue weighted by molar-refractivity contribution is 4.62. The summed E-state index contributed by atoms with van der Waals surface area (Å²) in [5.41, 5.74) is 0. The molecule has 0 amide bonds. The lowest BCUT2D eigenvalue weighted by Crippen LogP contribution is -2.40. The van der Waals surface area contributed by atoms with Gasteiger partial charge in [-0.05, 0) is 32.7 Å². The molecule has 0 bridgehead atoms. The molecule has 3 nitrogen and oxygen atoms in total. The van der Waals surface area contributed by atoms with Gasteiger partial charge in [0.1, 0.15) is 12.5 Å². The minimum absolute atomic E-state index is 0.498. The van der Waals surface area contributed by atoms with E-state index in [0.717, 1.165) is 25.7 Å². The van der Waals surface area contributed by atoms with Crippen LogP contribution >= 0.6 is 0 Å². The quantitative estimate of drug-likeness (QED) is 0.370. The molecule has 0 aliphatic heterocycles. The first-order chi connectivity index (χ1) is 9.63. The maximum absolute atomic E-state index is 10.1. The molecule has 2 unspecified atom stereocenters. The van der Waals surface area contributed by atoms with Gasteiger partial charge in [0.15, 0.2) is 0 Å². The zero-order valence-electron chi connectivity index (χ0n) is 14.0. The zero-order chi connectivity index (χ0) is 15.2. The van der Waals surface area contributed by atoms with Gasteiger partial charge in [0.2, 0.25) is 0 Å². The monoisotopic (exact) mass is 287 g/mol. The van der Waals surface area contributed by atoms with Gasteiger partial charge in [-0.3, -0.25) is 4.90 Å². The molecule has 122 valence electrons. The van der Waals surface area contributed by atoms with Crippen molar-refractivity contribution in [1.29, 1.82) is 0 Å². The zero-order valence-corrected chi connectivity index (χ0v) is 14.0. The molecule has 0 rings (SSSR count). The molecule has 0 aromatic rings. The Kier molecular flexibility index (Phi) is 13.8. The van der Waals surface area contributed by atoms with Crippen molar-refractivity contribution < 1.29 is 10.2 Å². The van der Waals surface area contributed by atoms with Gasteiger partial charge >= 0.3 is 0 Å². The highest BCUT2D eigenvalue weighted by Crippen LogP contribution is 2.14. The van der Waals surface area contributed by atoms with Crippen LogP contribution in [0.2, 0.25) is 0 Å². The third kappa shape index (κ3) is 10.6. The van der Waals surface area contributed by atoms with Crippen molar-refractivity contribution >= 4 is 0 Å². The summed E-state index contributed by atoms with van der Waals surface area (Å²) in [6.45, 7) is 4.42. The third-order valence-corrected chi connectivity index (χ3v) is 4.07. The van der Waals surface area contributed by atoms with Crippen molar-refractivity contribution in [1.82, 2.24) is 4.90 Å². The first-order valence-corrected chi connectivity index (χ1v) is 8.71. The van der Waals surface area contributed by atoms with Gasteiger partial charge < -0.3 is 10.2 Å². The van der Waals surface area contributed by atoms with Crippen LogP contribution in [0.5, 0.6) is 0 Å². The highest BCUT2D eigenvalue weighted by atomic mass is 16.3. The van der Waals surface area contributed by atoms with Crippen LogP contribution in [0.4, 0.5) is 0 Å². The van der Waals surface area contributed by atoms with Gasteiger partial charge in [-0.25, -0.2) is 0 Å². The molecule has 0 saturated carbocycles. The highest BCUT2D eigenvalue weighted by Gasteiger charge is 2.17. The van der Waals surface area contributed by atoms with Crippen LogP contribution in [-0.4, -0.2) is 34.6 Å². The van der Waals surface area contributed by atoms with E-state index in [9.17, 15) is 10.2 Å². The van der Waals surface area contributed by atoms with Crippen molar-refractivity contribution in [3.8, 4) is 0 Å². The number of nitrogens with zero attached hydrogens (tertiary/aromatic N) is 1. The average Bonchev–Trinajstić information content (AvgIpc) is 2.45. The van der Waals surface area contributed by atoms with Gasteiger partial charge in [0, 0.05) is 0 Å². The average molecular weight is 287 g/mol. The largest absolute Gasteiger partial charge is 0.378 e. The van der Waals surface area contributed by atoms with E-state index < -0.39 is 12.5 Å². The Hall–Kier alpha value is -0.120. The fraction of sp³-hybridized carbons (Fsp3) is 1.00. The van der Waals surface area contributed by atoms with Gasteiger partial charge in [0.25, 0.3) is 0 Å². The molecule has 0 radical (unpaired) electrons. The summed E-state index contributed by atoms with van der Waals surface area (Å²) in [5, 5.41) is 20.1. The second-order valence-electron chi connectivity index (χ2n) is 6.03. The van der Waals surface area contributed by atoms with Gasteiger partial charge in [-0.1, -0.05) is 65.2 Å². The molecule has 2 N–H and O–H groups in total. The van der Waals surface area contributed by atoms with Crippen LogP contribution in [0.25, 0.3) is 0 Å². The van der Waals surface area contributed by atoms with E-state index in [4.69, 9.17) is 0 Å². The lowest BCUT2D eigenvalue weighted by Gasteiger charge is -2.28. The molecule has 0 fully saturated rings. The predicted octanol–water partition coefficient (Wildman–Crippen LogP) is 4.28. The number of hydrogen-bond acceptors (Lipinski definition) is 3. The Morgan fingerprint density at radius 1 is 0.650 bits per heavy atom. The molecular formula is C17H37NO2. The molecule has 3 heteroatoms. The fourth-order valence-electron chi connectivity index (χ4n) is 2.47. The number of hydrogen-bond donors (Lipinski definition) is 2. The molecule has 0 aromatic heterocycles. The molecule has 0 saturated heterocycles. The summed E-state index contributed by atoms with van der Waals surface area (Å²) in [6, 6.07) is 0. The predicted molar refractivity (Wildman–Crippen MR) is 86.5 cm³/mol. The first-order valence-electron chi connectivity index (χ1n) is 8.71. The number of aliphatic hydroxyl groups is 2. The summed E-state index contributed by atoms with van der Waals surface area (Å²) >= 11 is 0. The third-order valence-electron chi connectivity index (χ3n) is 4.07. The number of rotatable bonds is 14. The Labute approximate surface area is 126 Å². The summed E-state index contributed by atoms with van der Waals surface area (Å²) in [7, 11) is 1.83. The van der Waals surface area contributed by atoms with Crippen molar-refractivity contribution in [2.45, 2.75) is 103 Å². The maximum atomic E-state index is 10.1. The summed E-state index contributed by atoms with van der Waals surface area (Å²) in [5.74, 6) is 0. The fourth-order valence-corrected chi connectivity index (χ4v) is 2.47. The van der Waals surface area contributed by atoms with E-state index in [-0.39, 0.29) is 0 Å². The Balaban J connectivity index is 3.61. The Morgan fingerprint density at radius 3 is 1.35 bits per heavy atom. The molecular weight excluding hydrogens is 250 g/mol. The summed E-state index contributed by atoms with van der Waals surface area (Å²) in [4.78, 5) is 1.72. The van der Waals surface area contributed by atoms with Crippen molar-refractivity contribution in [2.24, 2.45) is 0 Å². The molecule has 0 spiro atoms. The number of aliphatic hydroxyl groups excluding tert-OH is 2. The Morgan fingerprint density at radius 2 is 1.00 bits per heavy atom. The number of unbranched alkanes of at least 4 members (excludes halogenated alkanes) is 8. The minimum atomic E-state index is -0.498. The molecule has 0 heterocycles. The standard InChI is InChI=1S/C17H37NO2/c1-4-6-8-10-12-14-16(19)18(3)17(20)15-13-11-9-7-5-2/h16-17,19-20H,4-15H2,1-3H3. The van der Waals surface area contributed by atoms with Gasteiger partial charge in [-0.15, -0.1) is 0 Å². The van der Waals surface area contributed by atoms with E-state index in [1.54, 1.807) is 4.90 Å². The van der Waals surface area contributed by atoms with Crippen LogP contribution in [0.3, 0.4) is 0 Å². The summed E-state index contributed by atoms with van der Waals surface area (Å²) < 4.78 is 0. The van der Waals surface area contributed by atoms with Crippen molar-refractivity contribution in [2.75, 3.05) is 7.05 Å². The first kappa shape index (κ1) is 19.9. The van der Waals surface area contributed by atoms with Crippen LogP contribution in [0, 0.1) is 0 Å². The van der Waals surface area contributed by atoms with E-state index >= 15 is 0 Å². The van der Waals surface area contributed by atoms with Crippen LogP contribution in [-0.2, 0) is 0 Å². The van der Waals surface area contributed by atoms with Crippen molar-refractivity contribution in [3.63, 3.8) is 0 Å². The van der Waals surface area contributed by atoms with Gasteiger partial charge in [0.05, 0.1) is 0 Å². The van der Waals surface area contributed by atoms with E-state index in [1.165, 1.54) is 51.4 Å². The lowest BCUT2D eigenvalue weighted by molar-refractivity contribution is -0.0924.